The average molecular weight is 388 g/mol. The standard InChI is InChI=1S/C19H18F2N4O3/c1-10-15(18(26)24-14-9-12(20)3-4-13(14)21)16-17(25-5-7-27-8-6-25)22-11(2)23-19(16)28-10/h3-4,9H,5-8H2,1-2H3,(H,24,26). The lowest BCUT2D eigenvalue weighted by molar-refractivity contribution is 0.102. The number of furan rings is 1. The second-order valence-electron chi connectivity index (χ2n) is 6.49. The Kier molecular flexibility index (Phi) is 4.68. The van der Waals surface area contributed by atoms with Crippen molar-refractivity contribution >= 4 is 28.5 Å². The SMILES string of the molecule is Cc1nc(N2CCOCC2)c2c(C(=O)Nc3cc(F)ccc3F)c(C)oc2n1. The first-order chi connectivity index (χ1) is 13.4. The highest BCUT2D eigenvalue weighted by atomic mass is 19.1. The Morgan fingerprint density at radius 3 is 2.68 bits per heavy atom. The van der Waals surface area contributed by atoms with E-state index in [4.69, 9.17) is 9.15 Å². The van der Waals surface area contributed by atoms with Crippen molar-refractivity contribution in [2.45, 2.75) is 13.8 Å². The second kappa shape index (κ2) is 7.16. The minimum Gasteiger partial charge on any atom is -0.442 e. The summed E-state index contributed by atoms with van der Waals surface area (Å²) in [5.74, 6) is -0.626. The number of ether oxygens (including phenoxy) is 1. The van der Waals surface area contributed by atoms with Crippen molar-refractivity contribution in [1.82, 2.24) is 9.97 Å². The molecule has 0 unspecified atom stereocenters. The lowest BCUT2D eigenvalue weighted by Crippen LogP contribution is -2.37. The lowest BCUT2D eigenvalue weighted by atomic mass is 10.1. The number of carbonyl (C=O) groups excluding carboxylic acids is 1. The third-order valence-electron chi connectivity index (χ3n) is 4.53. The van der Waals surface area contributed by atoms with Gasteiger partial charge in [-0.25, -0.2) is 13.8 Å². The Hall–Kier alpha value is -3.07. The molecular weight excluding hydrogens is 370 g/mol. The van der Waals surface area contributed by atoms with Crippen LogP contribution in [-0.2, 0) is 4.74 Å². The number of morpholine rings is 1. The maximum atomic E-state index is 14.0. The number of fused-ring (bicyclic) bond motifs is 1. The van der Waals surface area contributed by atoms with Crippen LogP contribution >= 0.6 is 0 Å². The molecule has 2 aromatic heterocycles. The van der Waals surface area contributed by atoms with E-state index in [2.05, 4.69) is 15.3 Å². The van der Waals surface area contributed by atoms with Gasteiger partial charge >= 0.3 is 0 Å². The first-order valence-electron chi connectivity index (χ1n) is 8.81. The highest BCUT2D eigenvalue weighted by Gasteiger charge is 2.27. The molecule has 1 amide bonds. The van der Waals surface area contributed by atoms with Crippen molar-refractivity contribution in [2.24, 2.45) is 0 Å². The van der Waals surface area contributed by atoms with Crippen molar-refractivity contribution in [2.75, 3.05) is 36.5 Å². The van der Waals surface area contributed by atoms with Crippen molar-refractivity contribution in [1.29, 1.82) is 0 Å². The number of aromatic nitrogens is 2. The smallest absolute Gasteiger partial charge is 0.260 e. The van der Waals surface area contributed by atoms with Gasteiger partial charge in [0.25, 0.3) is 5.91 Å². The molecule has 3 aromatic rings. The van der Waals surface area contributed by atoms with E-state index in [9.17, 15) is 13.6 Å². The molecule has 4 rings (SSSR count). The number of carbonyl (C=O) groups is 1. The monoisotopic (exact) mass is 388 g/mol. The van der Waals surface area contributed by atoms with Crippen LogP contribution in [0.1, 0.15) is 21.9 Å². The van der Waals surface area contributed by atoms with Gasteiger partial charge in [0.15, 0.2) is 0 Å². The number of aryl methyl sites for hydroxylation is 2. The van der Waals surface area contributed by atoms with E-state index in [0.29, 0.717) is 49.1 Å². The molecule has 0 aliphatic carbocycles. The molecule has 1 aliphatic heterocycles. The summed E-state index contributed by atoms with van der Waals surface area (Å²) in [7, 11) is 0. The topological polar surface area (TPSA) is 80.5 Å². The Morgan fingerprint density at radius 1 is 1.18 bits per heavy atom. The van der Waals surface area contributed by atoms with E-state index < -0.39 is 17.5 Å². The fourth-order valence-corrected chi connectivity index (χ4v) is 3.25. The number of rotatable bonds is 3. The number of benzene rings is 1. The third-order valence-corrected chi connectivity index (χ3v) is 4.53. The molecule has 0 radical (unpaired) electrons. The van der Waals surface area contributed by atoms with Crippen LogP contribution in [0, 0.1) is 25.5 Å². The summed E-state index contributed by atoms with van der Waals surface area (Å²) in [6, 6.07) is 2.86. The molecule has 0 bridgehead atoms. The quantitative estimate of drug-likeness (QED) is 0.742. The third kappa shape index (κ3) is 3.29. The van der Waals surface area contributed by atoms with Crippen LogP contribution in [0.25, 0.3) is 11.1 Å². The Labute approximate surface area is 159 Å². The predicted molar refractivity (Wildman–Crippen MR) is 98.6 cm³/mol. The summed E-state index contributed by atoms with van der Waals surface area (Å²) in [5.41, 5.74) is 0.219. The number of hydrogen-bond acceptors (Lipinski definition) is 6. The fraction of sp³-hybridized carbons (Fsp3) is 0.316. The summed E-state index contributed by atoms with van der Waals surface area (Å²) < 4.78 is 38.5. The van der Waals surface area contributed by atoms with Gasteiger partial charge in [0.05, 0.1) is 29.9 Å². The molecule has 1 saturated heterocycles. The van der Waals surface area contributed by atoms with Crippen LogP contribution in [0.5, 0.6) is 0 Å². The Balaban J connectivity index is 1.81. The molecule has 28 heavy (non-hydrogen) atoms. The van der Waals surface area contributed by atoms with Gasteiger partial charge in [-0.2, -0.15) is 4.98 Å². The molecule has 7 nitrogen and oxygen atoms in total. The average Bonchev–Trinajstić information content (AvgIpc) is 3.00. The molecule has 0 saturated carbocycles. The number of amides is 1. The van der Waals surface area contributed by atoms with Crippen molar-refractivity contribution in [3.8, 4) is 0 Å². The summed E-state index contributed by atoms with van der Waals surface area (Å²) >= 11 is 0. The zero-order valence-electron chi connectivity index (χ0n) is 15.4. The van der Waals surface area contributed by atoms with Crippen molar-refractivity contribution in [3.05, 3.63) is 47.0 Å². The van der Waals surface area contributed by atoms with Crippen LogP contribution < -0.4 is 10.2 Å². The van der Waals surface area contributed by atoms with E-state index >= 15 is 0 Å². The van der Waals surface area contributed by atoms with Gasteiger partial charge in [0.2, 0.25) is 5.71 Å². The molecule has 1 N–H and O–H groups in total. The van der Waals surface area contributed by atoms with Gasteiger partial charge in [-0.3, -0.25) is 4.79 Å². The van der Waals surface area contributed by atoms with Crippen molar-refractivity contribution in [3.63, 3.8) is 0 Å². The Bertz CT molecular complexity index is 1060. The maximum absolute atomic E-state index is 14.0. The zero-order chi connectivity index (χ0) is 19.8. The molecule has 3 heterocycles. The molecule has 146 valence electrons. The van der Waals surface area contributed by atoms with E-state index in [-0.39, 0.29) is 17.0 Å². The molecule has 1 aromatic carbocycles. The first-order valence-corrected chi connectivity index (χ1v) is 8.81. The van der Waals surface area contributed by atoms with Gasteiger partial charge in [-0.15, -0.1) is 0 Å². The summed E-state index contributed by atoms with van der Waals surface area (Å²) in [6.45, 7) is 5.65. The number of halogens is 2. The molecule has 1 fully saturated rings. The zero-order valence-corrected chi connectivity index (χ0v) is 15.4. The summed E-state index contributed by atoms with van der Waals surface area (Å²) in [5, 5.41) is 2.86. The second-order valence-corrected chi connectivity index (χ2v) is 6.49. The number of nitrogens with one attached hydrogen (secondary N) is 1. The van der Waals surface area contributed by atoms with Crippen LogP contribution in [0.4, 0.5) is 20.3 Å². The number of nitrogens with zero attached hydrogens (tertiary/aromatic N) is 3. The summed E-state index contributed by atoms with van der Waals surface area (Å²) in [4.78, 5) is 23.7. The highest BCUT2D eigenvalue weighted by Crippen LogP contribution is 2.33. The lowest BCUT2D eigenvalue weighted by Gasteiger charge is -2.28. The fourth-order valence-electron chi connectivity index (χ4n) is 3.25. The predicted octanol–water partition coefficient (Wildman–Crippen LogP) is 3.21. The number of hydrogen-bond donors (Lipinski definition) is 1. The normalized spacial score (nSPS) is 14.5. The summed E-state index contributed by atoms with van der Waals surface area (Å²) in [6.07, 6.45) is 0. The van der Waals surface area contributed by atoms with E-state index in [1.807, 2.05) is 4.90 Å². The van der Waals surface area contributed by atoms with Gasteiger partial charge in [0.1, 0.15) is 29.0 Å². The first kappa shape index (κ1) is 18.3. The van der Waals surface area contributed by atoms with E-state index in [1.165, 1.54) is 0 Å². The largest absolute Gasteiger partial charge is 0.442 e. The molecule has 9 heteroatoms. The molecular formula is C19H18F2N4O3. The van der Waals surface area contributed by atoms with Crippen molar-refractivity contribution < 1.29 is 22.7 Å². The Morgan fingerprint density at radius 2 is 1.93 bits per heavy atom. The minimum absolute atomic E-state index is 0.195. The highest BCUT2D eigenvalue weighted by molar-refractivity contribution is 6.15. The van der Waals surface area contributed by atoms with Gasteiger partial charge in [-0.05, 0) is 26.0 Å². The van der Waals surface area contributed by atoms with Crippen LogP contribution in [-0.4, -0.2) is 42.2 Å². The van der Waals surface area contributed by atoms with Gasteiger partial charge in [-0.1, -0.05) is 0 Å². The minimum atomic E-state index is -0.735. The molecule has 0 spiro atoms. The molecule has 1 aliphatic rings. The van der Waals surface area contributed by atoms with E-state index in [0.717, 1.165) is 18.2 Å². The molecule has 0 atom stereocenters. The maximum Gasteiger partial charge on any atom is 0.260 e. The number of anilines is 2. The van der Waals surface area contributed by atoms with Gasteiger partial charge in [0, 0.05) is 19.2 Å². The van der Waals surface area contributed by atoms with Crippen LogP contribution in [0.15, 0.2) is 22.6 Å². The van der Waals surface area contributed by atoms with Crippen LogP contribution in [0.3, 0.4) is 0 Å². The van der Waals surface area contributed by atoms with Crippen LogP contribution in [0.2, 0.25) is 0 Å². The van der Waals surface area contributed by atoms with Gasteiger partial charge < -0.3 is 19.4 Å². The van der Waals surface area contributed by atoms with E-state index in [1.54, 1.807) is 13.8 Å².